The van der Waals surface area contributed by atoms with Gasteiger partial charge in [0, 0.05) is 12.1 Å². The molecule has 0 heterocycles. The Morgan fingerprint density at radius 1 is 1.22 bits per heavy atom. The smallest absolute Gasteiger partial charge is 0.234 e. The number of amides is 1. The van der Waals surface area contributed by atoms with Gasteiger partial charge in [-0.05, 0) is 45.7 Å². The molecule has 0 aromatic carbocycles. The molecule has 0 spiro atoms. The number of carbonyl (C=O) groups excluding carboxylic acids is 1. The number of hydrogen-bond donors (Lipinski definition) is 2. The molecule has 0 fully saturated rings. The standard InChI is InChI=1S/C14H31N3O/c1-7-8-17(11-14(5,6)10-15)9-12(18)16-13(2,3)4/h7-11,15H2,1-6H3,(H,16,18). The van der Waals surface area contributed by atoms with Crippen LogP contribution in [0.25, 0.3) is 0 Å². The molecule has 1 amide bonds. The fourth-order valence-electron chi connectivity index (χ4n) is 1.86. The van der Waals surface area contributed by atoms with Gasteiger partial charge in [0.2, 0.25) is 5.91 Å². The van der Waals surface area contributed by atoms with Crippen molar-refractivity contribution in [1.82, 2.24) is 10.2 Å². The van der Waals surface area contributed by atoms with Crippen LogP contribution in [-0.4, -0.2) is 42.5 Å². The van der Waals surface area contributed by atoms with E-state index in [0.717, 1.165) is 19.5 Å². The number of carbonyl (C=O) groups is 1. The summed E-state index contributed by atoms with van der Waals surface area (Å²) in [6, 6.07) is 0. The van der Waals surface area contributed by atoms with Crippen molar-refractivity contribution in [1.29, 1.82) is 0 Å². The first-order valence-electron chi connectivity index (χ1n) is 6.83. The van der Waals surface area contributed by atoms with Gasteiger partial charge in [-0.2, -0.15) is 0 Å². The minimum absolute atomic E-state index is 0.0528. The van der Waals surface area contributed by atoms with Crippen LogP contribution in [0.4, 0.5) is 0 Å². The lowest BCUT2D eigenvalue weighted by molar-refractivity contribution is -0.123. The maximum atomic E-state index is 11.9. The predicted octanol–water partition coefficient (Wildman–Crippen LogP) is 1.60. The molecular weight excluding hydrogens is 226 g/mol. The van der Waals surface area contributed by atoms with Gasteiger partial charge >= 0.3 is 0 Å². The largest absolute Gasteiger partial charge is 0.350 e. The summed E-state index contributed by atoms with van der Waals surface area (Å²) in [4.78, 5) is 14.1. The van der Waals surface area contributed by atoms with E-state index in [1.807, 2.05) is 20.8 Å². The van der Waals surface area contributed by atoms with E-state index in [4.69, 9.17) is 5.73 Å². The van der Waals surface area contributed by atoms with Crippen LogP contribution < -0.4 is 11.1 Å². The summed E-state index contributed by atoms with van der Waals surface area (Å²) >= 11 is 0. The second-order valence-electron chi connectivity index (χ2n) is 6.88. The molecule has 4 heteroatoms. The van der Waals surface area contributed by atoms with E-state index in [9.17, 15) is 4.79 Å². The first-order valence-corrected chi connectivity index (χ1v) is 6.83. The lowest BCUT2D eigenvalue weighted by atomic mass is 9.93. The molecule has 0 rings (SSSR count). The summed E-state index contributed by atoms with van der Waals surface area (Å²) in [5, 5.41) is 3.00. The van der Waals surface area contributed by atoms with Gasteiger partial charge in [-0.1, -0.05) is 20.8 Å². The predicted molar refractivity (Wildman–Crippen MR) is 77.5 cm³/mol. The van der Waals surface area contributed by atoms with Gasteiger partial charge in [-0.15, -0.1) is 0 Å². The first-order chi connectivity index (χ1) is 8.09. The van der Waals surface area contributed by atoms with Crippen LogP contribution in [0.3, 0.4) is 0 Å². The summed E-state index contributed by atoms with van der Waals surface area (Å²) in [6.07, 6.45) is 1.05. The molecule has 0 unspecified atom stereocenters. The van der Waals surface area contributed by atoms with Gasteiger partial charge < -0.3 is 11.1 Å². The van der Waals surface area contributed by atoms with Crippen molar-refractivity contribution in [2.24, 2.45) is 11.1 Å². The molecule has 0 saturated carbocycles. The Kier molecular flexibility index (Phi) is 6.86. The summed E-state index contributed by atoms with van der Waals surface area (Å²) in [5.41, 5.74) is 5.64. The van der Waals surface area contributed by atoms with E-state index in [1.54, 1.807) is 0 Å². The van der Waals surface area contributed by atoms with E-state index in [2.05, 4.69) is 31.0 Å². The highest BCUT2D eigenvalue weighted by Gasteiger charge is 2.22. The van der Waals surface area contributed by atoms with Crippen LogP contribution in [0.15, 0.2) is 0 Å². The molecule has 0 aromatic heterocycles. The van der Waals surface area contributed by atoms with Gasteiger partial charge in [0.25, 0.3) is 0 Å². The zero-order valence-electron chi connectivity index (χ0n) is 13.0. The van der Waals surface area contributed by atoms with E-state index in [-0.39, 0.29) is 16.9 Å². The Balaban J connectivity index is 4.40. The van der Waals surface area contributed by atoms with Crippen molar-refractivity contribution < 1.29 is 4.79 Å². The molecule has 0 bridgehead atoms. The third-order valence-electron chi connectivity index (χ3n) is 2.63. The number of hydrogen-bond acceptors (Lipinski definition) is 3. The molecule has 0 saturated heterocycles. The Morgan fingerprint density at radius 3 is 2.17 bits per heavy atom. The summed E-state index contributed by atoms with van der Waals surface area (Å²) in [5.74, 6) is 0.0868. The lowest BCUT2D eigenvalue weighted by Gasteiger charge is -2.32. The van der Waals surface area contributed by atoms with Gasteiger partial charge in [0.1, 0.15) is 0 Å². The van der Waals surface area contributed by atoms with Crippen LogP contribution in [0, 0.1) is 5.41 Å². The number of nitrogens with one attached hydrogen (secondary N) is 1. The highest BCUT2D eigenvalue weighted by atomic mass is 16.2. The maximum absolute atomic E-state index is 11.9. The number of nitrogens with zero attached hydrogens (tertiary/aromatic N) is 1. The fraction of sp³-hybridized carbons (Fsp3) is 0.929. The zero-order valence-corrected chi connectivity index (χ0v) is 13.0. The first kappa shape index (κ1) is 17.4. The Labute approximate surface area is 112 Å². The molecule has 3 N–H and O–H groups in total. The third kappa shape index (κ3) is 8.48. The van der Waals surface area contributed by atoms with Gasteiger partial charge in [0.05, 0.1) is 6.54 Å². The van der Waals surface area contributed by atoms with Gasteiger partial charge in [-0.25, -0.2) is 0 Å². The topological polar surface area (TPSA) is 58.4 Å². The summed E-state index contributed by atoms with van der Waals surface area (Å²) in [6.45, 7) is 15.3. The molecule has 0 aromatic rings. The average molecular weight is 257 g/mol. The van der Waals surface area contributed by atoms with Crippen LogP contribution >= 0.6 is 0 Å². The molecule has 0 aliphatic heterocycles. The second-order valence-corrected chi connectivity index (χ2v) is 6.88. The molecule has 0 aliphatic rings. The Morgan fingerprint density at radius 2 is 1.78 bits per heavy atom. The quantitative estimate of drug-likeness (QED) is 0.728. The van der Waals surface area contributed by atoms with Crippen molar-refractivity contribution in [2.75, 3.05) is 26.2 Å². The molecule has 0 radical (unpaired) electrons. The maximum Gasteiger partial charge on any atom is 0.234 e. The molecule has 18 heavy (non-hydrogen) atoms. The highest BCUT2D eigenvalue weighted by Crippen LogP contribution is 2.15. The van der Waals surface area contributed by atoms with Crippen LogP contribution in [0.2, 0.25) is 0 Å². The molecule has 108 valence electrons. The van der Waals surface area contributed by atoms with Crippen LogP contribution in [0.1, 0.15) is 48.0 Å². The third-order valence-corrected chi connectivity index (χ3v) is 2.63. The molecule has 4 nitrogen and oxygen atoms in total. The monoisotopic (exact) mass is 257 g/mol. The van der Waals surface area contributed by atoms with Crippen molar-refractivity contribution in [3.05, 3.63) is 0 Å². The second kappa shape index (κ2) is 7.10. The van der Waals surface area contributed by atoms with E-state index < -0.39 is 0 Å². The molecule has 0 atom stereocenters. The Bertz CT molecular complexity index is 256. The van der Waals surface area contributed by atoms with Crippen molar-refractivity contribution in [2.45, 2.75) is 53.5 Å². The van der Waals surface area contributed by atoms with Gasteiger partial charge in [-0.3, -0.25) is 9.69 Å². The minimum Gasteiger partial charge on any atom is -0.350 e. The lowest BCUT2D eigenvalue weighted by Crippen LogP contribution is -2.48. The van der Waals surface area contributed by atoms with E-state index in [1.165, 1.54) is 0 Å². The molecular formula is C14H31N3O. The molecule has 0 aliphatic carbocycles. The summed E-state index contributed by atoms with van der Waals surface area (Å²) in [7, 11) is 0. The fourth-order valence-corrected chi connectivity index (χ4v) is 1.86. The van der Waals surface area contributed by atoms with Crippen molar-refractivity contribution in [3.63, 3.8) is 0 Å². The van der Waals surface area contributed by atoms with Gasteiger partial charge in [0.15, 0.2) is 0 Å². The average Bonchev–Trinajstić information content (AvgIpc) is 2.14. The van der Waals surface area contributed by atoms with E-state index >= 15 is 0 Å². The number of rotatable bonds is 7. The Hall–Kier alpha value is -0.610. The van der Waals surface area contributed by atoms with E-state index in [0.29, 0.717) is 13.1 Å². The number of nitrogens with two attached hydrogens (primary N) is 1. The zero-order chi connectivity index (χ0) is 14.4. The van der Waals surface area contributed by atoms with Crippen LogP contribution in [0.5, 0.6) is 0 Å². The highest BCUT2D eigenvalue weighted by molar-refractivity contribution is 5.78. The minimum atomic E-state index is -0.168. The van der Waals surface area contributed by atoms with Crippen molar-refractivity contribution >= 4 is 5.91 Å². The van der Waals surface area contributed by atoms with Crippen LogP contribution in [-0.2, 0) is 4.79 Å². The summed E-state index contributed by atoms with van der Waals surface area (Å²) < 4.78 is 0. The SMILES string of the molecule is CCCN(CC(=O)NC(C)(C)C)CC(C)(C)CN. The normalized spacial score (nSPS) is 12.9. The van der Waals surface area contributed by atoms with Crippen molar-refractivity contribution in [3.8, 4) is 0 Å².